The lowest BCUT2D eigenvalue weighted by molar-refractivity contribution is -0.124. The highest BCUT2D eigenvalue weighted by Gasteiger charge is 2.35. The molecule has 0 atom stereocenters. The first-order valence-corrected chi connectivity index (χ1v) is 17.8. The standard InChI is InChI=1S/C18H28N4O.C18H27N3O2.2C2H6/c1-13(23)18(4,5)22-15-11-9-8-10-14(15)21(16(22)19)17(2,3)12-20(6)7;1-13(22)18(4,5)21-15-11-9-8-10-14(15)20(16(21)23)17(2,3)12-19(6)7;2*1-2/h8-11,19H,12H2,1-7H3;8-11H,12H2,1-7H3;2*1-2H3. The fraction of sp³-hybridized carbons (Fsp3) is 0.600. The van der Waals surface area contributed by atoms with Crippen molar-refractivity contribution in [3.63, 3.8) is 0 Å². The summed E-state index contributed by atoms with van der Waals surface area (Å²) in [5.74, 6) is 0.0113. The van der Waals surface area contributed by atoms with Gasteiger partial charge in [0.2, 0.25) is 5.62 Å². The predicted octanol–water partition coefficient (Wildman–Crippen LogP) is 7.02. The number of carbonyl (C=O) groups is 2. The molecule has 10 heteroatoms. The summed E-state index contributed by atoms with van der Waals surface area (Å²) in [6, 6.07) is 15.6. The van der Waals surface area contributed by atoms with Crippen molar-refractivity contribution >= 4 is 33.6 Å². The van der Waals surface area contributed by atoms with E-state index in [0.29, 0.717) is 5.62 Å². The van der Waals surface area contributed by atoms with Crippen molar-refractivity contribution in [1.82, 2.24) is 28.1 Å². The summed E-state index contributed by atoms with van der Waals surface area (Å²) in [6.45, 7) is 28.3. The number of rotatable bonds is 10. The third kappa shape index (κ3) is 8.93. The number of para-hydroxylation sites is 4. The highest BCUT2D eigenvalue weighted by Crippen LogP contribution is 2.28. The van der Waals surface area contributed by atoms with Gasteiger partial charge in [-0.25, -0.2) is 4.79 Å². The first kappa shape index (κ1) is 44.3. The Hall–Kier alpha value is -3.76. The fourth-order valence-electron chi connectivity index (χ4n) is 6.63. The van der Waals surface area contributed by atoms with Gasteiger partial charge in [-0.1, -0.05) is 52.0 Å². The molecule has 0 saturated carbocycles. The Morgan fingerprint density at radius 2 is 0.840 bits per heavy atom. The molecule has 0 fully saturated rings. The first-order valence-electron chi connectivity index (χ1n) is 17.8. The van der Waals surface area contributed by atoms with Crippen molar-refractivity contribution in [2.75, 3.05) is 41.3 Å². The summed E-state index contributed by atoms with van der Waals surface area (Å²) in [5, 5.41) is 8.78. The van der Waals surface area contributed by atoms with E-state index in [4.69, 9.17) is 5.41 Å². The van der Waals surface area contributed by atoms with Crippen molar-refractivity contribution in [1.29, 1.82) is 5.41 Å². The summed E-state index contributed by atoms with van der Waals surface area (Å²) in [5.41, 5.74) is 1.49. The number of nitrogens with zero attached hydrogens (tertiary/aromatic N) is 6. The zero-order valence-electron chi connectivity index (χ0n) is 34.4. The van der Waals surface area contributed by atoms with Gasteiger partial charge in [-0.15, -0.1) is 0 Å². The fourth-order valence-corrected chi connectivity index (χ4v) is 6.63. The molecule has 50 heavy (non-hydrogen) atoms. The van der Waals surface area contributed by atoms with E-state index >= 15 is 0 Å². The second-order valence-electron chi connectivity index (χ2n) is 15.3. The van der Waals surface area contributed by atoms with E-state index in [9.17, 15) is 14.4 Å². The molecule has 0 aliphatic carbocycles. The Morgan fingerprint density at radius 1 is 0.560 bits per heavy atom. The summed E-state index contributed by atoms with van der Waals surface area (Å²) in [4.78, 5) is 41.7. The Kier molecular flexibility index (Phi) is 15.0. The molecule has 0 saturated heterocycles. The number of carbonyl (C=O) groups excluding carboxylic acids is 2. The molecule has 0 unspecified atom stereocenters. The van der Waals surface area contributed by atoms with E-state index in [1.54, 1.807) is 25.3 Å². The third-order valence-electron chi connectivity index (χ3n) is 8.99. The van der Waals surface area contributed by atoms with Crippen LogP contribution >= 0.6 is 0 Å². The Balaban J connectivity index is 0.000000455. The van der Waals surface area contributed by atoms with Crippen LogP contribution in [0.2, 0.25) is 0 Å². The number of benzene rings is 2. The average Bonchev–Trinajstić information content (AvgIpc) is 3.49. The van der Waals surface area contributed by atoms with Gasteiger partial charge in [-0.3, -0.25) is 28.7 Å². The van der Waals surface area contributed by atoms with Crippen LogP contribution in [0.1, 0.15) is 96.9 Å². The van der Waals surface area contributed by atoms with Crippen LogP contribution in [0.25, 0.3) is 22.1 Å². The average molecular weight is 694 g/mol. The van der Waals surface area contributed by atoms with Crippen molar-refractivity contribution in [2.45, 2.75) is 119 Å². The maximum absolute atomic E-state index is 13.2. The first-order chi connectivity index (χ1) is 23.0. The van der Waals surface area contributed by atoms with Gasteiger partial charge in [0.15, 0.2) is 11.6 Å². The van der Waals surface area contributed by atoms with E-state index in [2.05, 4.69) is 23.6 Å². The Bertz CT molecular complexity index is 1720. The predicted molar refractivity (Wildman–Crippen MR) is 210 cm³/mol. The summed E-state index contributed by atoms with van der Waals surface area (Å²) in [6.07, 6.45) is 0. The van der Waals surface area contributed by atoms with Crippen molar-refractivity contribution < 1.29 is 9.59 Å². The zero-order valence-corrected chi connectivity index (χ0v) is 34.4. The lowest BCUT2D eigenvalue weighted by Crippen LogP contribution is -2.47. The molecule has 4 aromatic rings. The SMILES string of the molecule is CC.CC.CC(=O)C(C)(C)n1c(=N)n(C(C)(C)CN(C)C)c2ccccc21.CC(=O)C(C)(C)n1c(=O)n(C(C)(C)CN(C)C)c2ccccc21. The largest absolute Gasteiger partial charge is 0.330 e. The number of likely N-dealkylation sites (N-methyl/N-ethyl adjacent to an activating group) is 2. The molecular formula is C40H67N7O3. The number of fused-ring (bicyclic) bond motifs is 2. The summed E-state index contributed by atoms with van der Waals surface area (Å²) < 4.78 is 7.32. The Morgan fingerprint density at radius 3 is 1.18 bits per heavy atom. The van der Waals surface area contributed by atoms with Gasteiger partial charge in [0, 0.05) is 13.1 Å². The topological polar surface area (TPSA) is 101 Å². The number of Topliss-reactive ketones (excluding diaryl/α,β-unsaturated/α-hetero) is 2. The van der Waals surface area contributed by atoms with Gasteiger partial charge in [-0.05, 0) is 122 Å². The number of imidazole rings is 2. The van der Waals surface area contributed by atoms with Crippen LogP contribution in [0, 0.1) is 5.41 Å². The summed E-state index contributed by atoms with van der Waals surface area (Å²) in [7, 11) is 8.05. The summed E-state index contributed by atoms with van der Waals surface area (Å²) >= 11 is 0. The van der Waals surface area contributed by atoms with Crippen LogP contribution in [0.15, 0.2) is 53.3 Å². The second kappa shape index (κ2) is 17.0. The van der Waals surface area contributed by atoms with Gasteiger partial charge in [0.25, 0.3) is 0 Å². The van der Waals surface area contributed by atoms with E-state index in [1.807, 2.05) is 146 Å². The van der Waals surface area contributed by atoms with Crippen LogP contribution in [-0.4, -0.2) is 80.9 Å². The van der Waals surface area contributed by atoms with Crippen LogP contribution in [-0.2, 0) is 31.7 Å². The van der Waals surface area contributed by atoms with Crippen molar-refractivity contribution in [3.05, 3.63) is 64.6 Å². The molecule has 1 N–H and O–H groups in total. The van der Waals surface area contributed by atoms with Crippen LogP contribution < -0.4 is 11.3 Å². The normalized spacial score (nSPS) is 12.2. The van der Waals surface area contributed by atoms with E-state index in [1.165, 1.54) is 6.92 Å². The molecule has 0 aliphatic rings. The van der Waals surface area contributed by atoms with Gasteiger partial charge < -0.3 is 14.4 Å². The quantitative estimate of drug-likeness (QED) is 0.193. The molecular weight excluding hydrogens is 626 g/mol. The molecule has 4 rings (SSSR count). The van der Waals surface area contributed by atoms with E-state index < -0.39 is 16.6 Å². The number of aromatic nitrogens is 4. The van der Waals surface area contributed by atoms with Gasteiger partial charge in [0.05, 0.1) is 33.1 Å². The highest BCUT2D eigenvalue weighted by molar-refractivity contribution is 5.87. The van der Waals surface area contributed by atoms with E-state index in [0.717, 1.165) is 35.2 Å². The Labute approximate surface area is 301 Å². The maximum Gasteiger partial charge on any atom is 0.330 e. The van der Waals surface area contributed by atoms with Crippen LogP contribution in [0.5, 0.6) is 0 Å². The van der Waals surface area contributed by atoms with E-state index in [-0.39, 0.29) is 22.8 Å². The van der Waals surface area contributed by atoms with Crippen molar-refractivity contribution in [2.24, 2.45) is 0 Å². The number of hydrogen-bond acceptors (Lipinski definition) is 6. The van der Waals surface area contributed by atoms with Gasteiger partial charge in [0.1, 0.15) is 11.1 Å². The lowest BCUT2D eigenvalue weighted by Gasteiger charge is -2.31. The molecule has 0 radical (unpaired) electrons. The minimum atomic E-state index is -0.879. The minimum Gasteiger partial charge on any atom is -0.307 e. The van der Waals surface area contributed by atoms with Gasteiger partial charge in [-0.2, -0.15) is 0 Å². The minimum absolute atomic E-state index is 0.0343. The molecule has 2 aromatic heterocycles. The second-order valence-corrected chi connectivity index (χ2v) is 15.3. The molecule has 280 valence electrons. The zero-order chi connectivity index (χ0) is 39.2. The number of nitrogens with one attached hydrogen (secondary N) is 1. The molecule has 10 nitrogen and oxygen atoms in total. The molecule has 2 heterocycles. The smallest absolute Gasteiger partial charge is 0.307 e. The molecule has 0 spiro atoms. The third-order valence-corrected chi connectivity index (χ3v) is 8.99. The lowest BCUT2D eigenvalue weighted by atomic mass is 10.00. The molecule has 0 aliphatic heterocycles. The van der Waals surface area contributed by atoms with Crippen molar-refractivity contribution in [3.8, 4) is 0 Å². The molecule has 0 amide bonds. The van der Waals surface area contributed by atoms with Gasteiger partial charge >= 0.3 is 5.69 Å². The number of ketones is 2. The van der Waals surface area contributed by atoms with Crippen LogP contribution in [0.3, 0.4) is 0 Å². The molecule has 2 aromatic carbocycles. The maximum atomic E-state index is 13.2. The number of hydrogen-bond donors (Lipinski definition) is 1. The van der Waals surface area contributed by atoms with Crippen LogP contribution in [0.4, 0.5) is 0 Å². The monoisotopic (exact) mass is 694 g/mol. The highest BCUT2D eigenvalue weighted by atomic mass is 16.2. The molecule has 0 bridgehead atoms.